The van der Waals surface area contributed by atoms with Gasteiger partial charge in [0, 0.05) is 43.6 Å². The minimum Gasteiger partial charge on any atom is -0.341 e. The quantitative estimate of drug-likeness (QED) is 0.758. The van der Waals surface area contributed by atoms with Gasteiger partial charge in [0.2, 0.25) is 0 Å². The van der Waals surface area contributed by atoms with Gasteiger partial charge in [-0.15, -0.1) is 0 Å². The molecule has 0 bridgehead atoms. The number of aromatic nitrogens is 2. The SMILES string of the molecule is c1ccc(-c2ncc(CN3CCCN(Cc4ccsc4)CC3)[nH]2)cc1. The zero-order valence-corrected chi connectivity index (χ0v) is 15.2. The van der Waals surface area contributed by atoms with Crippen LogP contribution in [0.2, 0.25) is 0 Å². The van der Waals surface area contributed by atoms with E-state index in [4.69, 9.17) is 0 Å². The van der Waals surface area contributed by atoms with Crippen molar-refractivity contribution in [3.05, 3.63) is 64.6 Å². The molecular weight excluding hydrogens is 328 g/mol. The molecule has 1 N–H and O–H groups in total. The van der Waals surface area contributed by atoms with Crippen LogP contribution in [-0.2, 0) is 13.1 Å². The Kier molecular flexibility index (Phi) is 5.25. The fourth-order valence-corrected chi connectivity index (χ4v) is 4.06. The van der Waals surface area contributed by atoms with Gasteiger partial charge in [0.15, 0.2) is 0 Å². The van der Waals surface area contributed by atoms with E-state index in [0.29, 0.717) is 0 Å². The molecule has 1 aliphatic heterocycles. The molecule has 4 rings (SSSR count). The van der Waals surface area contributed by atoms with Crippen LogP contribution in [0.4, 0.5) is 0 Å². The van der Waals surface area contributed by atoms with Crippen molar-refractivity contribution < 1.29 is 0 Å². The van der Waals surface area contributed by atoms with Crippen molar-refractivity contribution in [1.29, 1.82) is 0 Å². The van der Waals surface area contributed by atoms with E-state index in [-0.39, 0.29) is 0 Å². The van der Waals surface area contributed by atoms with E-state index in [1.807, 2.05) is 24.4 Å². The number of aromatic amines is 1. The molecule has 130 valence electrons. The lowest BCUT2D eigenvalue weighted by molar-refractivity contribution is 0.246. The van der Waals surface area contributed by atoms with E-state index in [1.165, 1.54) is 24.2 Å². The third kappa shape index (κ3) is 4.37. The summed E-state index contributed by atoms with van der Waals surface area (Å²) in [5.74, 6) is 0.963. The standard InChI is InChI=1S/C20H24N4S/c1-2-5-18(6-3-1)20-21-13-19(22-20)15-24-9-4-8-23(10-11-24)14-17-7-12-25-16-17/h1-3,5-7,12-13,16H,4,8-11,14-15H2,(H,21,22). The number of imidazole rings is 1. The van der Waals surface area contributed by atoms with Crippen molar-refractivity contribution >= 4 is 11.3 Å². The van der Waals surface area contributed by atoms with Gasteiger partial charge in [-0.2, -0.15) is 11.3 Å². The molecule has 0 aliphatic carbocycles. The fraction of sp³-hybridized carbons (Fsp3) is 0.350. The first kappa shape index (κ1) is 16.5. The monoisotopic (exact) mass is 352 g/mol. The topological polar surface area (TPSA) is 35.2 Å². The highest BCUT2D eigenvalue weighted by Crippen LogP contribution is 2.17. The molecule has 1 aromatic carbocycles. The number of nitrogens with zero attached hydrogens (tertiary/aromatic N) is 3. The second-order valence-electron chi connectivity index (χ2n) is 6.66. The Balaban J connectivity index is 1.33. The van der Waals surface area contributed by atoms with E-state index < -0.39 is 0 Å². The van der Waals surface area contributed by atoms with Gasteiger partial charge < -0.3 is 4.98 Å². The Hall–Kier alpha value is -1.95. The Morgan fingerprint density at radius 1 is 0.960 bits per heavy atom. The predicted molar refractivity (Wildman–Crippen MR) is 104 cm³/mol. The molecule has 0 radical (unpaired) electrons. The van der Waals surface area contributed by atoms with Crippen LogP contribution < -0.4 is 0 Å². The third-order valence-corrected chi connectivity index (χ3v) is 5.47. The summed E-state index contributed by atoms with van der Waals surface area (Å²) in [5.41, 5.74) is 3.79. The van der Waals surface area contributed by atoms with Crippen LogP contribution in [-0.4, -0.2) is 45.9 Å². The van der Waals surface area contributed by atoms with Gasteiger partial charge in [0.25, 0.3) is 0 Å². The smallest absolute Gasteiger partial charge is 0.137 e. The summed E-state index contributed by atoms with van der Waals surface area (Å²) in [7, 11) is 0. The van der Waals surface area contributed by atoms with Crippen LogP contribution in [0, 0.1) is 0 Å². The molecule has 0 saturated carbocycles. The summed E-state index contributed by atoms with van der Waals surface area (Å²) in [6.45, 7) is 6.62. The summed E-state index contributed by atoms with van der Waals surface area (Å²) in [6.07, 6.45) is 3.21. The largest absolute Gasteiger partial charge is 0.341 e. The minimum atomic E-state index is 0.951. The molecule has 1 fully saturated rings. The molecule has 0 atom stereocenters. The first-order valence-corrected chi connectivity index (χ1v) is 9.86. The molecule has 1 aliphatic rings. The van der Waals surface area contributed by atoms with E-state index in [1.54, 1.807) is 11.3 Å². The number of rotatable bonds is 5. The van der Waals surface area contributed by atoms with Crippen molar-refractivity contribution in [3.63, 3.8) is 0 Å². The maximum atomic E-state index is 4.55. The van der Waals surface area contributed by atoms with E-state index in [2.05, 4.69) is 48.7 Å². The van der Waals surface area contributed by atoms with Crippen molar-refractivity contribution in [2.45, 2.75) is 19.5 Å². The van der Waals surface area contributed by atoms with Gasteiger partial charge in [-0.1, -0.05) is 30.3 Å². The normalized spacial score (nSPS) is 16.8. The highest BCUT2D eigenvalue weighted by Gasteiger charge is 2.16. The van der Waals surface area contributed by atoms with Crippen molar-refractivity contribution in [2.24, 2.45) is 0 Å². The molecule has 5 heteroatoms. The highest BCUT2D eigenvalue weighted by atomic mass is 32.1. The third-order valence-electron chi connectivity index (χ3n) is 4.74. The summed E-state index contributed by atoms with van der Waals surface area (Å²) in [4.78, 5) is 13.1. The molecule has 2 aromatic heterocycles. The Bertz CT molecular complexity index is 766. The number of H-pyrrole nitrogens is 1. The van der Waals surface area contributed by atoms with Crippen LogP contribution >= 0.6 is 11.3 Å². The van der Waals surface area contributed by atoms with Crippen LogP contribution in [0.1, 0.15) is 17.7 Å². The van der Waals surface area contributed by atoms with Crippen LogP contribution in [0.25, 0.3) is 11.4 Å². The van der Waals surface area contributed by atoms with Gasteiger partial charge in [0.1, 0.15) is 5.82 Å². The highest BCUT2D eigenvalue weighted by molar-refractivity contribution is 7.07. The number of nitrogens with one attached hydrogen (secondary N) is 1. The average molecular weight is 353 g/mol. The molecule has 4 nitrogen and oxygen atoms in total. The molecule has 0 amide bonds. The van der Waals surface area contributed by atoms with Crippen molar-refractivity contribution in [1.82, 2.24) is 19.8 Å². The van der Waals surface area contributed by atoms with Gasteiger partial charge in [0.05, 0.1) is 0 Å². The van der Waals surface area contributed by atoms with Gasteiger partial charge >= 0.3 is 0 Å². The Morgan fingerprint density at radius 3 is 2.52 bits per heavy atom. The predicted octanol–water partition coefficient (Wildman–Crippen LogP) is 3.85. The van der Waals surface area contributed by atoms with Crippen LogP contribution in [0.15, 0.2) is 53.4 Å². The molecule has 3 aromatic rings. The summed E-state index contributed by atoms with van der Waals surface area (Å²) < 4.78 is 0. The molecule has 3 heterocycles. The lowest BCUT2D eigenvalue weighted by Gasteiger charge is -2.21. The second-order valence-corrected chi connectivity index (χ2v) is 7.44. The Labute approximate surface area is 153 Å². The first-order chi connectivity index (χ1) is 12.4. The zero-order chi connectivity index (χ0) is 16.9. The number of benzene rings is 1. The summed E-state index contributed by atoms with van der Waals surface area (Å²) in [5, 5.41) is 4.43. The Morgan fingerprint density at radius 2 is 1.76 bits per heavy atom. The van der Waals surface area contributed by atoms with Crippen molar-refractivity contribution in [3.8, 4) is 11.4 Å². The number of hydrogen-bond donors (Lipinski definition) is 1. The maximum absolute atomic E-state index is 4.55. The van der Waals surface area contributed by atoms with Gasteiger partial charge in [-0.25, -0.2) is 4.98 Å². The lowest BCUT2D eigenvalue weighted by Crippen LogP contribution is -2.30. The van der Waals surface area contributed by atoms with Gasteiger partial charge in [-0.05, 0) is 41.9 Å². The molecule has 0 spiro atoms. The zero-order valence-electron chi connectivity index (χ0n) is 14.4. The maximum Gasteiger partial charge on any atom is 0.137 e. The number of hydrogen-bond acceptors (Lipinski definition) is 4. The van der Waals surface area contributed by atoms with E-state index in [9.17, 15) is 0 Å². The minimum absolute atomic E-state index is 0.951. The second kappa shape index (κ2) is 7.95. The molecule has 25 heavy (non-hydrogen) atoms. The van der Waals surface area contributed by atoms with Crippen LogP contribution in [0.3, 0.4) is 0 Å². The molecular formula is C20H24N4S. The number of thiophene rings is 1. The average Bonchev–Trinajstić information content (AvgIpc) is 3.27. The van der Waals surface area contributed by atoms with Crippen molar-refractivity contribution in [2.75, 3.05) is 26.2 Å². The fourth-order valence-electron chi connectivity index (χ4n) is 3.40. The van der Waals surface area contributed by atoms with E-state index >= 15 is 0 Å². The van der Waals surface area contributed by atoms with Crippen LogP contribution in [0.5, 0.6) is 0 Å². The molecule has 1 saturated heterocycles. The molecule has 0 unspecified atom stereocenters. The summed E-state index contributed by atoms with van der Waals surface area (Å²) in [6, 6.07) is 12.6. The lowest BCUT2D eigenvalue weighted by atomic mass is 10.2. The summed E-state index contributed by atoms with van der Waals surface area (Å²) >= 11 is 1.79. The first-order valence-electron chi connectivity index (χ1n) is 8.92. The van der Waals surface area contributed by atoms with E-state index in [0.717, 1.165) is 44.1 Å². The van der Waals surface area contributed by atoms with Gasteiger partial charge in [-0.3, -0.25) is 9.80 Å².